The summed E-state index contributed by atoms with van der Waals surface area (Å²) in [5.74, 6) is 0. The average molecular weight is 179 g/mol. The maximum atomic E-state index is 11.9. The summed E-state index contributed by atoms with van der Waals surface area (Å²) >= 11 is 5.40. The lowest BCUT2D eigenvalue weighted by atomic mass is 10.3. The fraction of sp³-hybridized carbons (Fsp3) is 0.167. The van der Waals surface area contributed by atoms with E-state index in [9.17, 15) is 8.78 Å². The van der Waals surface area contributed by atoms with Crippen LogP contribution in [0.3, 0.4) is 0 Å². The minimum Gasteiger partial charge on any atom is -0.396 e. The topological polar surface area (TPSA) is 38.9 Å². The normalized spacial score (nSPS) is 10.5. The van der Waals surface area contributed by atoms with Gasteiger partial charge in [0.2, 0.25) is 0 Å². The van der Waals surface area contributed by atoms with Crippen molar-refractivity contribution in [2.45, 2.75) is 6.43 Å². The van der Waals surface area contributed by atoms with Gasteiger partial charge in [0.25, 0.3) is 6.43 Å². The van der Waals surface area contributed by atoms with Gasteiger partial charge in [0.15, 0.2) is 5.15 Å². The van der Waals surface area contributed by atoms with Gasteiger partial charge in [-0.3, -0.25) is 0 Å². The van der Waals surface area contributed by atoms with Crippen LogP contribution < -0.4 is 5.73 Å². The molecule has 5 heteroatoms. The Kier molecular flexibility index (Phi) is 2.24. The molecule has 2 N–H and O–H groups in total. The highest BCUT2D eigenvalue weighted by atomic mass is 35.5. The van der Waals surface area contributed by atoms with Crippen LogP contribution in [-0.4, -0.2) is 4.98 Å². The first-order valence-corrected chi connectivity index (χ1v) is 3.18. The summed E-state index contributed by atoms with van der Waals surface area (Å²) in [5.41, 5.74) is 5.09. The van der Waals surface area contributed by atoms with Gasteiger partial charge in [0, 0.05) is 11.8 Å². The lowest BCUT2D eigenvalue weighted by molar-refractivity contribution is 0.151. The number of rotatable bonds is 1. The number of anilines is 1. The number of nitrogens with two attached hydrogens (primary N) is 1. The quantitative estimate of drug-likeness (QED) is 0.670. The number of alkyl halides is 2. The molecule has 0 saturated carbocycles. The maximum Gasteiger partial charge on any atom is 0.265 e. The number of nitrogens with zero attached hydrogens (tertiary/aromatic N) is 1. The Morgan fingerprint density at radius 1 is 1.55 bits per heavy atom. The summed E-state index contributed by atoms with van der Waals surface area (Å²) in [5, 5.41) is 0.0504. The van der Waals surface area contributed by atoms with Crippen LogP contribution in [0, 0.1) is 0 Å². The van der Waals surface area contributed by atoms with Gasteiger partial charge in [0.05, 0.1) is 5.69 Å². The Labute approximate surface area is 67.0 Å². The van der Waals surface area contributed by atoms with E-state index >= 15 is 0 Å². The van der Waals surface area contributed by atoms with Crippen molar-refractivity contribution in [3.05, 3.63) is 23.0 Å². The smallest absolute Gasteiger partial charge is 0.265 e. The molecule has 2 nitrogen and oxygen atoms in total. The van der Waals surface area contributed by atoms with Crippen LogP contribution in [0.15, 0.2) is 12.3 Å². The van der Waals surface area contributed by atoms with Crippen molar-refractivity contribution in [3.63, 3.8) is 0 Å². The minimum absolute atomic E-state index is 0.0504. The molecule has 60 valence electrons. The third-order valence-corrected chi connectivity index (χ3v) is 1.46. The van der Waals surface area contributed by atoms with E-state index in [1.54, 1.807) is 0 Å². The van der Waals surface area contributed by atoms with Crippen molar-refractivity contribution in [1.82, 2.24) is 4.98 Å². The Balaban J connectivity index is 3.05. The highest BCUT2D eigenvalue weighted by Crippen LogP contribution is 2.23. The van der Waals surface area contributed by atoms with Gasteiger partial charge in [-0.2, -0.15) is 0 Å². The van der Waals surface area contributed by atoms with E-state index in [-0.39, 0.29) is 16.4 Å². The van der Waals surface area contributed by atoms with Crippen LogP contribution in [0.1, 0.15) is 12.0 Å². The molecule has 11 heavy (non-hydrogen) atoms. The van der Waals surface area contributed by atoms with Crippen LogP contribution in [0.25, 0.3) is 0 Å². The molecule has 0 aliphatic heterocycles. The molecule has 0 aromatic carbocycles. The summed E-state index contributed by atoms with van der Waals surface area (Å²) in [6.45, 7) is 0. The Morgan fingerprint density at radius 3 is 2.64 bits per heavy atom. The molecule has 0 fully saturated rings. The summed E-state index contributed by atoms with van der Waals surface area (Å²) in [6.07, 6.45) is -1.55. The minimum atomic E-state index is -2.55. The van der Waals surface area contributed by atoms with Crippen molar-refractivity contribution in [1.29, 1.82) is 0 Å². The van der Waals surface area contributed by atoms with Crippen molar-refractivity contribution in [2.24, 2.45) is 0 Å². The molecular weight excluding hydrogens is 174 g/mol. The molecular formula is C6H5ClF2N2. The van der Waals surface area contributed by atoms with Crippen molar-refractivity contribution >= 4 is 17.3 Å². The average Bonchev–Trinajstić information content (AvgIpc) is 1.94. The highest BCUT2D eigenvalue weighted by Gasteiger charge is 2.08. The number of aromatic nitrogens is 1. The zero-order chi connectivity index (χ0) is 8.43. The van der Waals surface area contributed by atoms with Crippen molar-refractivity contribution < 1.29 is 8.78 Å². The molecule has 0 aliphatic rings. The monoisotopic (exact) mass is 178 g/mol. The lowest BCUT2D eigenvalue weighted by Gasteiger charge is -2.00. The van der Waals surface area contributed by atoms with Gasteiger partial charge in [-0.05, 0) is 6.07 Å². The molecule has 1 heterocycles. The van der Waals surface area contributed by atoms with Crippen molar-refractivity contribution in [3.8, 4) is 0 Å². The first-order valence-electron chi connectivity index (χ1n) is 2.80. The van der Waals surface area contributed by atoms with Gasteiger partial charge in [-0.15, -0.1) is 0 Å². The molecule has 0 radical (unpaired) electrons. The molecule has 0 spiro atoms. The summed E-state index contributed by atoms with van der Waals surface area (Å²) in [7, 11) is 0. The van der Waals surface area contributed by atoms with Gasteiger partial charge in [0.1, 0.15) is 0 Å². The second-order valence-corrected chi connectivity index (χ2v) is 2.31. The fourth-order valence-corrected chi connectivity index (χ4v) is 0.705. The van der Waals surface area contributed by atoms with E-state index in [0.717, 1.165) is 12.3 Å². The van der Waals surface area contributed by atoms with Crippen LogP contribution in [-0.2, 0) is 0 Å². The zero-order valence-electron chi connectivity index (χ0n) is 5.39. The molecule has 0 bridgehead atoms. The van der Waals surface area contributed by atoms with Crippen LogP contribution in [0.5, 0.6) is 0 Å². The van der Waals surface area contributed by atoms with E-state index in [0.29, 0.717) is 0 Å². The summed E-state index contributed by atoms with van der Waals surface area (Å²) < 4.78 is 23.9. The van der Waals surface area contributed by atoms with Crippen LogP contribution in [0.4, 0.5) is 14.5 Å². The molecule has 0 amide bonds. The zero-order valence-corrected chi connectivity index (χ0v) is 6.15. The van der Waals surface area contributed by atoms with E-state index in [1.165, 1.54) is 0 Å². The number of nitrogen functional groups attached to an aromatic ring is 1. The van der Waals surface area contributed by atoms with Crippen LogP contribution in [0.2, 0.25) is 5.15 Å². The number of halogens is 3. The second kappa shape index (κ2) is 3.00. The molecule has 0 aliphatic carbocycles. The molecule has 0 unspecified atom stereocenters. The van der Waals surface area contributed by atoms with E-state index < -0.39 is 6.43 Å². The Hall–Kier alpha value is -0.900. The molecule has 0 saturated heterocycles. The Bertz CT molecular complexity index is 265. The molecule has 1 rings (SSSR count). The van der Waals surface area contributed by atoms with Gasteiger partial charge >= 0.3 is 0 Å². The Morgan fingerprint density at radius 2 is 2.18 bits per heavy atom. The molecule has 1 aromatic rings. The number of pyridine rings is 1. The maximum absolute atomic E-state index is 11.9. The molecule has 1 aromatic heterocycles. The summed E-state index contributed by atoms with van der Waals surface area (Å²) in [4.78, 5) is 3.46. The second-order valence-electron chi connectivity index (χ2n) is 1.95. The van der Waals surface area contributed by atoms with Crippen molar-refractivity contribution in [2.75, 3.05) is 5.73 Å². The standard InChI is InChI=1S/C6H5ClF2N2/c7-5-4(10)1-3(2-11-5)6(8)9/h1-2,6H,10H2. The lowest BCUT2D eigenvalue weighted by Crippen LogP contribution is -1.93. The number of hydrogen-bond donors (Lipinski definition) is 1. The largest absolute Gasteiger partial charge is 0.396 e. The van der Waals surface area contributed by atoms with Crippen LogP contribution >= 0.6 is 11.6 Å². The first kappa shape index (κ1) is 8.20. The van der Waals surface area contributed by atoms with Gasteiger partial charge < -0.3 is 5.73 Å². The summed E-state index contributed by atoms with van der Waals surface area (Å²) in [6, 6.07) is 1.11. The highest BCUT2D eigenvalue weighted by molar-refractivity contribution is 6.31. The predicted molar refractivity (Wildman–Crippen MR) is 38.6 cm³/mol. The SMILES string of the molecule is Nc1cc(C(F)F)cnc1Cl. The third kappa shape index (κ3) is 1.77. The fourth-order valence-electron chi connectivity index (χ4n) is 0.601. The first-order chi connectivity index (χ1) is 5.11. The van der Waals surface area contributed by atoms with Gasteiger partial charge in [-0.25, -0.2) is 13.8 Å². The van der Waals surface area contributed by atoms with E-state index in [2.05, 4.69) is 4.98 Å². The predicted octanol–water partition coefficient (Wildman–Crippen LogP) is 2.25. The third-order valence-electron chi connectivity index (χ3n) is 1.14. The van der Waals surface area contributed by atoms with E-state index in [4.69, 9.17) is 17.3 Å². The van der Waals surface area contributed by atoms with E-state index in [1.807, 2.05) is 0 Å². The number of hydrogen-bond acceptors (Lipinski definition) is 2. The van der Waals surface area contributed by atoms with Gasteiger partial charge in [-0.1, -0.05) is 11.6 Å². The molecule has 0 atom stereocenters.